The lowest BCUT2D eigenvalue weighted by Gasteiger charge is -2.47. The van der Waals surface area contributed by atoms with E-state index in [4.69, 9.17) is 0 Å². The van der Waals surface area contributed by atoms with Gasteiger partial charge in [-0.05, 0) is 37.3 Å². The Morgan fingerprint density at radius 3 is 2.95 bits per heavy atom. The molecule has 2 aliphatic rings. The van der Waals surface area contributed by atoms with Crippen molar-refractivity contribution in [2.75, 3.05) is 13.1 Å². The zero-order valence-electron chi connectivity index (χ0n) is 13.2. The average Bonchev–Trinajstić information content (AvgIpc) is 2.53. The molecule has 1 aliphatic carbocycles. The van der Waals surface area contributed by atoms with Gasteiger partial charge in [0.15, 0.2) is 0 Å². The molecule has 2 unspecified atom stereocenters. The number of aromatic hydroxyl groups is 1. The van der Waals surface area contributed by atoms with E-state index in [0.29, 0.717) is 31.5 Å². The Labute approximate surface area is 131 Å². The van der Waals surface area contributed by atoms with Crippen LogP contribution in [0.15, 0.2) is 18.2 Å². The highest BCUT2D eigenvalue weighted by atomic mass is 16.3. The van der Waals surface area contributed by atoms with E-state index in [-0.39, 0.29) is 17.6 Å². The molecule has 120 valence electrons. The summed E-state index contributed by atoms with van der Waals surface area (Å²) in [5.41, 5.74) is 0.611. The molecule has 1 saturated carbocycles. The van der Waals surface area contributed by atoms with Crippen molar-refractivity contribution in [2.24, 2.45) is 5.92 Å². The number of benzene rings is 1. The highest BCUT2D eigenvalue weighted by Gasteiger charge is 2.44. The van der Waals surface area contributed by atoms with Crippen LogP contribution in [0.5, 0.6) is 5.75 Å². The first-order chi connectivity index (χ1) is 10.5. The summed E-state index contributed by atoms with van der Waals surface area (Å²) in [4.78, 5) is 14.6. The molecule has 0 aromatic heterocycles. The van der Waals surface area contributed by atoms with Gasteiger partial charge in [-0.3, -0.25) is 4.79 Å². The number of carbonyl (C=O) groups is 1. The number of likely N-dealkylation sites (tertiary alicyclic amines) is 1. The van der Waals surface area contributed by atoms with Crippen LogP contribution in [0, 0.1) is 5.92 Å². The van der Waals surface area contributed by atoms with Crippen molar-refractivity contribution in [3.8, 4) is 5.75 Å². The van der Waals surface area contributed by atoms with Crippen LogP contribution in [-0.2, 0) is 6.42 Å². The molecular weight excluding hydrogens is 278 g/mol. The fraction of sp³-hybridized carbons (Fsp3) is 0.611. The Morgan fingerprint density at radius 2 is 2.18 bits per heavy atom. The molecule has 1 aromatic carbocycles. The molecule has 1 saturated heterocycles. The summed E-state index contributed by atoms with van der Waals surface area (Å²) in [6.45, 7) is 3.14. The van der Waals surface area contributed by atoms with Crippen molar-refractivity contribution in [1.29, 1.82) is 0 Å². The number of phenolic OH excluding ortho intramolecular Hbond substituents is 1. The normalized spacial score (nSPS) is 28.3. The molecule has 0 bridgehead atoms. The lowest BCUT2D eigenvalue weighted by molar-refractivity contribution is -0.0886. The predicted molar refractivity (Wildman–Crippen MR) is 84.9 cm³/mol. The van der Waals surface area contributed by atoms with Gasteiger partial charge in [-0.15, -0.1) is 0 Å². The Morgan fingerprint density at radius 1 is 1.36 bits per heavy atom. The van der Waals surface area contributed by atoms with E-state index < -0.39 is 5.60 Å². The number of hydrogen-bond donors (Lipinski definition) is 2. The third kappa shape index (κ3) is 2.60. The molecule has 0 spiro atoms. The van der Waals surface area contributed by atoms with Gasteiger partial charge in [-0.1, -0.05) is 31.9 Å². The number of phenols is 1. The zero-order valence-corrected chi connectivity index (χ0v) is 13.2. The Hall–Kier alpha value is -1.55. The second-order valence-electron chi connectivity index (χ2n) is 6.71. The van der Waals surface area contributed by atoms with Crippen molar-refractivity contribution < 1.29 is 15.0 Å². The summed E-state index contributed by atoms with van der Waals surface area (Å²) in [5, 5.41) is 21.0. The van der Waals surface area contributed by atoms with Gasteiger partial charge in [0.1, 0.15) is 5.75 Å². The number of aryl methyl sites for hydroxylation is 1. The van der Waals surface area contributed by atoms with Crippen molar-refractivity contribution in [2.45, 2.75) is 51.0 Å². The van der Waals surface area contributed by atoms with E-state index in [1.807, 2.05) is 19.1 Å². The number of aliphatic hydroxyl groups is 1. The molecule has 2 fully saturated rings. The average molecular weight is 303 g/mol. The first-order valence-electron chi connectivity index (χ1n) is 8.37. The van der Waals surface area contributed by atoms with E-state index >= 15 is 0 Å². The molecule has 1 heterocycles. The van der Waals surface area contributed by atoms with Gasteiger partial charge in [0.2, 0.25) is 0 Å². The van der Waals surface area contributed by atoms with Crippen LogP contribution in [0.4, 0.5) is 0 Å². The number of hydrogen-bond acceptors (Lipinski definition) is 3. The van der Waals surface area contributed by atoms with Gasteiger partial charge in [-0.2, -0.15) is 0 Å². The SMILES string of the molecule is CCc1cccc(C(=O)N2CCC3(O)CCCCC3C2)c1O. The zero-order chi connectivity index (χ0) is 15.7. The second-order valence-corrected chi connectivity index (χ2v) is 6.71. The number of nitrogens with zero attached hydrogens (tertiary/aromatic N) is 1. The van der Waals surface area contributed by atoms with E-state index in [0.717, 1.165) is 31.2 Å². The van der Waals surface area contributed by atoms with Crippen molar-refractivity contribution in [3.63, 3.8) is 0 Å². The lowest BCUT2D eigenvalue weighted by Crippen LogP contribution is -2.54. The third-order valence-electron chi connectivity index (χ3n) is 5.45. The van der Waals surface area contributed by atoms with E-state index in [9.17, 15) is 15.0 Å². The number of para-hydroxylation sites is 1. The highest BCUT2D eigenvalue weighted by Crippen LogP contribution is 2.40. The van der Waals surface area contributed by atoms with Crippen LogP contribution in [0.3, 0.4) is 0 Å². The van der Waals surface area contributed by atoms with Crippen LogP contribution in [0.1, 0.15) is 54.9 Å². The highest BCUT2D eigenvalue weighted by molar-refractivity contribution is 5.97. The molecular formula is C18H25NO3. The van der Waals surface area contributed by atoms with E-state index in [2.05, 4.69) is 0 Å². The van der Waals surface area contributed by atoms with Gasteiger partial charge in [0, 0.05) is 19.0 Å². The molecule has 1 aliphatic heterocycles. The minimum atomic E-state index is -0.581. The molecule has 0 radical (unpaired) electrons. The third-order valence-corrected chi connectivity index (χ3v) is 5.45. The molecule has 3 rings (SSSR count). The molecule has 4 nitrogen and oxygen atoms in total. The van der Waals surface area contributed by atoms with Crippen LogP contribution < -0.4 is 0 Å². The molecule has 22 heavy (non-hydrogen) atoms. The predicted octanol–water partition coefficient (Wildman–Crippen LogP) is 2.72. The van der Waals surface area contributed by atoms with E-state index in [1.54, 1.807) is 11.0 Å². The Bertz CT molecular complexity index is 571. The minimum absolute atomic E-state index is 0.111. The Kier molecular flexibility index (Phi) is 4.13. The summed E-state index contributed by atoms with van der Waals surface area (Å²) in [6.07, 6.45) is 5.41. The van der Waals surface area contributed by atoms with Gasteiger partial charge in [-0.25, -0.2) is 0 Å². The summed E-state index contributed by atoms with van der Waals surface area (Å²) in [7, 11) is 0. The molecule has 1 amide bonds. The second kappa shape index (κ2) is 5.92. The number of amides is 1. The maximum atomic E-state index is 12.8. The molecule has 2 atom stereocenters. The van der Waals surface area contributed by atoms with Gasteiger partial charge in [0.05, 0.1) is 11.2 Å². The van der Waals surface area contributed by atoms with Crippen LogP contribution in [-0.4, -0.2) is 39.7 Å². The summed E-state index contributed by atoms with van der Waals surface area (Å²) in [6, 6.07) is 5.37. The van der Waals surface area contributed by atoms with Gasteiger partial charge in [0.25, 0.3) is 5.91 Å². The van der Waals surface area contributed by atoms with Crippen LogP contribution >= 0.6 is 0 Å². The first kappa shape index (κ1) is 15.3. The van der Waals surface area contributed by atoms with Gasteiger partial charge < -0.3 is 15.1 Å². The summed E-state index contributed by atoms with van der Waals surface area (Å²) >= 11 is 0. The number of fused-ring (bicyclic) bond motifs is 1. The fourth-order valence-electron chi connectivity index (χ4n) is 3.97. The molecule has 2 N–H and O–H groups in total. The largest absolute Gasteiger partial charge is 0.507 e. The quantitative estimate of drug-likeness (QED) is 0.883. The smallest absolute Gasteiger partial charge is 0.257 e. The summed E-state index contributed by atoms with van der Waals surface area (Å²) in [5.74, 6) is 0.176. The number of piperidine rings is 1. The fourth-order valence-corrected chi connectivity index (χ4v) is 3.97. The standard InChI is InChI=1S/C18H25NO3/c1-2-13-6-5-8-15(16(13)20)17(21)19-11-10-18(22)9-4-3-7-14(18)12-19/h5-6,8,14,20,22H,2-4,7,9-12H2,1H3. The first-order valence-corrected chi connectivity index (χ1v) is 8.37. The van der Waals surface area contributed by atoms with Crippen LogP contribution in [0.2, 0.25) is 0 Å². The van der Waals surface area contributed by atoms with Crippen LogP contribution in [0.25, 0.3) is 0 Å². The topological polar surface area (TPSA) is 60.8 Å². The van der Waals surface area contributed by atoms with E-state index in [1.165, 1.54) is 0 Å². The van der Waals surface area contributed by atoms with Crippen molar-refractivity contribution >= 4 is 5.91 Å². The lowest BCUT2D eigenvalue weighted by atomic mass is 9.71. The van der Waals surface area contributed by atoms with Crippen molar-refractivity contribution in [1.82, 2.24) is 4.90 Å². The minimum Gasteiger partial charge on any atom is -0.507 e. The van der Waals surface area contributed by atoms with Crippen molar-refractivity contribution in [3.05, 3.63) is 29.3 Å². The Balaban J connectivity index is 1.79. The molecule has 1 aromatic rings. The van der Waals surface area contributed by atoms with Gasteiger partial charge >= 0.3 is 0 Å². The number of carbonyl (C=O) groups excluding carboxylic acids is 1. The summed E-state index contributed by atoms with van der Waals surface area (Å²) < 4.78 is 0. The number of rotatable bonds is 2. The molecule has 4 heteroatoms. The monoisotopic (exact) mass is 303 g/mol. The maximum absolute atomic E-state index is 12.8. The maximum Gasteiger partial charge on any atom is 0.257 e.